The highest BCUT2D eigenvalue weighted by Gasteiger charge is 2.20. The van der Waals surface area contributed by atoms with Crippen LogP contribution in [0.2, 0.25) is 0 Å². The second kappa shape index (κ2) is 12.4. The average Bonchev–Trinajstić information content (AvgIpc) is 2.79. The second-order valence-corrected chi connectivity index (χ2v) is 8.47. The highest BCUT2D eigenvalue weighted by molar-refractivity contribution is 5.93. The Morgan fingerprint density at radius 2 is 1.56 bits per heavy atom. The van der Waals surface area contributed by atoms with E-state index in [-0.39, 0.29) is 17.6 Å². The standard InChI is InChI=1S/C25H32F2N4O3/c1-18-4-3-5-22(19(18)2)29-24(33)17-31-14-12-30(13-15-31)16-23(32)28-11-10-20-6-8-21(9-7-20)34-25(26)27/h3-9,25H,10-17H2,1-2H3,(H,28,32)(H,29,33). The normalized spacial score (nSPS) is 14.7. The van der Waals surface area contributed by atoms with E-state index in [2.05, 4.69) is 25.2 Å². The highest BCUT2D eigenvalue weighted by atomic mass is 19.3. The number of nitrogens with zero attached hydrogens (tertiary/aromatic N) is 2. The van der Waals surface area contributed by atoms with Crippen molar-refractivity contribution in [2.45, 2.75) is 26.9 Å². The van der Waals surface area contributed by atoms with E-state index in [1.165, 1.54) is 12.1 Å². The number of amides is 2. The summed E-state index contributed by atoms with van der Waals surface area (Å²) in [6.45, 7) is 5.16. The largest absolute Gasteiger partial charge is 0.435 e. The fraction of sp³-hybridized carbons (Fsp3) is 0.440. The Hall–Kier alpha value is -3.04. The maximum absolute atomic E-state index is 12.4. The topological polar surface area (TPSA) is 73.9 Å². The van der Waals surface area contributed by atoms with Crippen LogP contribution in [0.15, 0.2) is 42.5 Å². The Kier molecular flexibility index (Phi) is 9.35. The zero-order valence-corrected chi connectivity index (χ0v) is 19.7. The Labute approximate surface area is 199 Å². The van der Waals surface area contributed by atoms with Gasteiger partial charge in [0.1, 0.15) is 5.75 Å². The molecule has 34 heavy (non-hydrogen) atoms. The number of anilines is 1. The maximum Gasteiger partial charge on any atom is 0.387 e. The lowest BCUT2D eigenvalue weighted by molar-refractivity contribution is -0.123. The highest BCUT2D eigenvalue weighted by Crippen LogP contribution is 2.18. The molecular formula is C25H32F2N4O3. The van der Waals surface area contributed by atoms with E-state index >= 15 is 0 Å². The van der Waals surface area contributed by atoms with E-state index in [0.717, 1.165) is 48.6 Å². The number of halogens is 2. The number of rotatable bonds is 10. The summed E-state index contributed by atoms with van der Waals surface area (Å²) in [7, 11) is 0. The van der Waals surface area contributed by atoms with E-state index in [1.54, 1.807) is 12.1 Å². The number of piperazine rings is 1. The summed E-state index contributed by atoms with van der Waals surface area (Å²) in [6.07, 6.45) is 0.601. The van der Waals surface area contributed by atoms with Gasteiger partial charge in [-0.2, -0.15) is 8.78 Å². The van der Waals surface area contributed by atoms with Gasteiger partial charge in [0.15, 0.2) is 0 Å². The van der Waals surface area contributed by atoms with Gasteiger partial charge in [0.25, 0.3) is 0 Å². The first-order valence-electron chi connectivity index (χ1n) is 11.4. The summed E-state index contributed by atoms with van der Waals surface area (Å²) >= 11 is 0. The Morgan fingerprint density at radius 1 is 0.941 bits per heavy atom. The molecule has 2 N–H and O–H groups in total. The molecule has 1 saturated heterocycles. The van der Waals surface area contributed by atoms with Crippen LogP contribution in [0.5, 0.6) is 5.75 Å². The van der Waals surface area contributed by atoms with Crippen molar-refractivity contribution in [3.8, 4) is 5.75 Å². The number of nitrogens with one attached hydrogen (secondary N) is 2. The van der Waals surface area contributed by atoms with E-state index in [9.17, 15) is 18.4 Å². The second-order valence-electron chi connectivity index (χ2n) is 8.47. The predicted octanol–water partition coefficient (Wildman–Crippen LogP) is 2.82. The summed E-state index contributed by atoms with van der Waals surface area (Å²) in [5, 5.41) is 5.89. The number of benzene rings is 2. The van der Waals surface area contributed by atoms with Crippen LogP contribution < -0.4 is 15.4 Å². The van der Waals surface area contributed by atoms with Crippen molar-refractivity contribution in [3.63, 3.8) is 0 Å². The molecule has 0 saturated carbocycles. The summed E-state index contributed by atoms with van der Waals surface area (Å²) in [5.74, 6) is 0.0251. The van der Waals surface area contributed by atoms with Gasteiger partial charge in [-0.3, -0.25) is 19.4 Å². The van der Waals surface area contributed by atoms with Crippen molar-refractivity contribution < 1.29 is 23.1 Å². The molecule has 7 nitrogen and oxygen atoms in total. The number of carbonyl (C=O) groups is 2. The first-order valence-corrected chi connectivity index (χ1v) is 11.4. The molecule has 0 radical (unpaired) electrons. The Bertz CT molecular complexity index is 961. The van der Waals surface area contributed by atoms with Crippen LogP contribution in [-0.4, -0.2) is 74.0 Å². The van der Waals surface area contributed by atoms with Crippen LogP contribution in [0.1, 0.15) is 16.7 Å². The zero-order chi connectivity index (χ0) is 24.5. The monoisotopic (exact) mass is 474 g/mol. The van der Waals surface area contributed by atoms with Gasteiger partial charge in [-0.25, -0.2) is 0 Å². The Morgan fingerprint density at radius 3 is 2.18 bits per heavy atom. The molecule has 3 rings (SSSR count). The molecule has 2 amide bonds. The fourth-order valence-corrected chi connectivity index (χ4v) is 3.83. The third kappa shape index (κ3) is 8.07. The van der Waals surface area contributed by atoms with Crippen LogP contribution in [-0.2, 0) is 16.0 Å². The SMILES string of the molecule is Cc1cccc(NC(=O)CN2CCN(CC(=O)NCCc3ccc(OC(F)F)cc3)CC2)c1C. The van der Waals surface area contributed by atoms with Crippen LogP contribution in [0.4, 0.5) is 14.5 Å². The lowest BCUT2D eigenvalue weighted by Gasteiger charge is -2.33. The number of carbonyl (C=O) groups excluding carboxylic acids is 2. The molecule has 1 aliphatic rings. The number of hydrogen-bond acceptors (Lipinski definition) is 5. The minimum Gasteiger partial charge on any atom is -0.435 e. The van der Waals surface area contributed by atoms with Crippen LogP contribution >= 0.6 is 0 Å². The molecule has 1 fully saturated rings. The van der Waals surface area contributed by atoms with E-state index in [0.29, 0.717) is 26.1 Å². The van der Waals surface area contributed by atoms with Crippen molar-refractivity contribution in [3.05, 3.63) is 59.2 Å². The van der Waals surface area contributed by atoms with E-state index < -0.39 is 6.61 Å². The molecule has 0 aliphatic carbocycles. The number of aryl methyl sites for hydroxylation is 1. The third-order valence-electron chi connectivity index (χ3n) is 5.96. The Balaban J connectivity index is 1.32. The number of hydrogen-bond donors (Lipinski definition) is 2. The molecule has 0 atom stereocenters. The van der Waals surface area contributed by atoms with Gasteiger partial charge in [-0.05, 0) is 55.2 Å². The van der Waals surface area contributed by atoms with Gasteiger partial charge >= 0.3 is 6.61 Å². The first kappa shape index (κ1) is 25.6. The minimum absolute atomic E-state index is 0.0336. The summed E-state index contributed by atoms with van der Waals surface area (Å²) in [6, 6.07) is 12.3. The molecule has 2 aromatic carbocycles. The lowest BCUT2D eigenvalue weighted by atomic mass is 10.1. The smallest absolute Gasteiger partial charge is 0.387 e. The van der Waals surface area contributed by atoms with Crippen LogP contribution in [0.25, 0.3) is 0 Å². The van der Waals surface area contributed by atoms with Gasteiger partial charge in [-0.1, -0.05) is 24.3 Å². The van der Waals surface area contributed by atoms with Gasteiger partial charge < -0.3 is 15.4 Å². The predicted molar refractivity (Wildman–Crippen MR) is 127 cm³/mol. The molecular weight excluding hydrogens is 442 g/mol. The van der Waals surface area contributed by atoms with E-state index in [4.69, 9.17) is 0 Å². The molecule has 0 spiro atoms. The maximum atomic E-state index is 12.4. The molecule has 1 aliphatic heterocycles. The van der Waals surface area contributed by atoms with Crippen molar-refractivity contribution in [2.24, 2.45) is 0 Å². The average molecular weight is 475 g/mol. The quantitative estimate of drug-likeness (QED) is 0.554. The van der Waals surface area contributed by atoms with Crippen molar-refractivity contribution >= 4 is 17.5 Å². The van der Waals surface area contributed by atoms with Gasteiger partial charge in [0.2, 0.25) is 11.8 Å². The van der Waals surface area contributed by atoms with Crippen molar-refractivity contribution in [1.82, 2.24) is 15.1 Å². The van der Waals surface area contributed by atoms with Crippen LogP contribution in [0, 0.1) is 13.8 Å². The summed E-state index contributed by atoms with van der Waals surface area (Å²) in [4.78, 5) is 28.9. The summed E-state index contributed by atoms with van der Waals surface area (Å²) in [5.41, 5.74) is 3.99. The molecule has 0 bridgehead atoms. The van der Waals surface area contributed by atoms with Gasteiger partial charge in [0, 0.05) is 38.4 Å². The molecule has 1 heterocycles. The first-order chi connectivity index (χ1) is 16.3. The number of alkyl halides is 2. The zero-order valence-electron chi connectivity index (χ0n) is 19.7. The molecule has 0 unspecified atom stereocenters. The molecule has 9 heteroatoms. The lowest BCUT2D eigenvalue weighted by Crippen LogP contribution is -2.51. The van der Waals surface area contributed by atoms with Gasteiger partial charge in [-0.15, -0.1) is 0 Å². The third-order valence-corrected chi connectivity index (χ3v) is 5.96. The summed E-state index contributed by atoms with van der Waals surface area (Å²) < 4.78 is 28.7. The molecule has 2 aromatic rings. The minimum atomic E-state index is -2.84. The fourth-order valence-electron chi connectivity index (χ4n) is 3.83. The van der Waals surface area contributed by atoms with Crippen molar-refractivity contribution in [1.29, 1.82) is 0 Å². The molecule has 0 aromatic heterocycles. The molecule has 184 valence electrons. The number of ether oxygens (including phenoxy) is 1. The van der Waals surface area contributed by atoms with E-state index in [1.807, 2.05) is 32.0 Å². The van der Waals surface area contributed by atoms with Crippen LogP contribution in [0.3, 0.4) is 0 Å². The van der Waals surface area contributed by atoms with Crippen molar-refractivity contribution in [2.75, 3.05) is 51.1 Å². The van der Waals surface area contributed by atoms with Gasteiger partial charge in [0.05, 0.1) is 13.1 Å².